The van der Waals surface area contributed by atoms with Gasteiger partial charge in [-0.25, -0.2) is 8.42 Å². The van der Waals surface area contributed by atoms with Gasteiger partial charge in [-0.2, -0.15) is 4.31 Å². The molecule has 160 valence electrons. The van der Waals surface area contributed by atoms with Gasteiger partial charge in [0.15, 0.2) is 5.78 Å². The van der Waals surface area contributed by atoms with Gasteiger partial charge in [0.1, 0.15) is 0 Å². The summed E-state index contributed by atoms with van der Waals surface area (Å²) in [7, 11) is 0.123. The molecule has 7 nitrogen and oxygen atoms in total. The fraction of sp³-hybridized carbons (Fsp3) is 0.364. The van der Waals surface area contributed by atoms with Gasteiger partial charge in [0.25, 0.3) is 0 Å². The molecule has 2 aromatic rings. The van der Waals surface area contributed by atoms with Crippen molar-refractivity contribution in [2.24, 2.45) is 5.92 Å². The van der Waals surface area contributed by atoms with E-state index in [2.05, 4.69) is 5.32 Å². The lowest BCUT2D eigenvalue weighted by Crippen LogP contribution is -2.41. The first-order chi connectivity index (χ1) is 14.2. The van der Waals surface area contributed by atoms with E-state index >= 15 is 0 Å². The maximum absolute atomic E-state index is 13.0. The molecule has 0 atom stereocenters. The fourth-order valence-corrected chi connectivity index (χ4v) is 5.10. The zero-order valence-corrected chi connectivity index (χ0v) is 18.3. The Morgan fingerprint density at radius 3 is 2.33 bits per heavy atom. The normalized spacial score (nSPS) is 15.6. The molecule has 0 radical (unpaired) electrons. The summed E-state index contributed by atoms with van der Waals surface area (Å²) in [5.74, 6) is -0.532. The minimum atomic E-state index is -3.70. The number of ketones is 1. The summed E-state index contributed by atoms with van der Waals surface area (Å²) >= 11 is 0. The molecule has 1 heterocycles. The summed E-state index contributed by atoms with van der Waals surface area (Å²) in [4.78, 5) is 26.4. The number of hydrogen-bond donors (Lipinski definition) is 1. The molecule has 0 bridgehead atoms. The topological polar surface area (TPSA) is 86.8 Å². The van der Waals surface area contributed by atoms with E-state index in [4.69, 9.17) is 0 Å². The monoisotopic (exact) mass is 429 g/mol. The molecule has 1 saturated heterocycles. The molecule has 30 heavy (non-hydrogen) atoms. The Labute approximate surface area is 177 Å². The summed E-state index contributed by atoms with van der Waals surface area (Å²) in [6, 6.07) is 13.7. The maximum atomic E-state index is 13.0. The number of hydrogen-bond acceptors (Lipinski definition) is 5. The standard InChI is InChI=1S/C22H27N3O4S/c1-16(26)18-7-6-8-19(15-18)30(28,29)25-13-11-17(12-14-25)22(27)23-20-9-4-5-10-21(20)24(2)3/h4-10,15,17H,11-14H2,1-3H3,(H,23,27). The average molecular weight is 430 g/mol. The van der Waals surface area contributed by atoms with Gasteiger partial charge in [0.05, 0.1) is 16.3 Å². The molecule has 1 amide bonds. The molecule has 1 aliphatic rings. The van der Waals surface area contributed by atoms with Gasteiger partial charge in [-0.1, -0.05) is 24.3 Å². The van der Waals surface area contributed by atoms with Crippen molar-refractivity contribution in [2.75, 3.05) is 37.4 Å². The van der Waals surface area contributed by atoms with Crippen molar-refractivity contribution >= 4 is 33.1 Å². The second-order valence-electron chi connectivity index (χ2n) is 7.66. The van der Waals surface area contributed by atoms with Gasteiger partial charge < -0.3 is 10.2 Å². The van der Waals surface area contributed by atoms with Gasteiger partial charge in [-0.15, -0.1) is 0 Å². The predicted octanol–water partition coefficient (Wildman–Crippen LogP) is 2.99. The zero-order valence-electron chi connectivity index (χ0n) is 17.5. The summed E-state index contributed by atoms with van der Waals surface area (Å²) in [6.45, 7) is 1.93. The number of anilines is 2. The highest BCUT2D eigenvalue weighted by Crippen LogP contribution is 2.28. The van der Waals surface area contributed by atoms with Crippen LogP contribution in [0.5, 0.6) is 0 Å². The zero-order chi connectivity index (χ0) is 21.9. The minimum absolute atomic E-state index is 0.0973. The highest BCUT2D eigenvalue weighted by molar-refractivity contribution is 7.89. The van der Waals surface area contributed by atoms with E-state index in [0.29, 0.717) is 18.4 Å². The van der Waals surface area contributed by atoms with Crippen LogP contribution < -0.4 is 10.2 Å². The molecule has 0 spiro atoms. The molecule has 1 fully saturated rings. The summed E-state index contributed by atoms with van der Waals surface area (Å²) in [5.41, 5.74) is 2.02. The van der Waals surface area contributed by atoms with Crippen LogP contribution in [0.3, 0.4) is 0 Å². The molecule has 3 rings (SSSR count). The van der Waals surface area contributed by atoms with Gasteiger partial charge >= 0.3 is 0 Å². The van der Waals surface area contributed by atoms with Crippen molar-refractivity contribution < 1.29 is 18.0 Å². The van der Waals surface area contributed by atoms with Crippen molar-refractivity contribution in [2.45, 2.75) is 24.7 Å². The van der Waals surface area contributed by atoms with Crippen molar-refractivity contribution in [1.82, 2.24) is 4.31 Å². The number of nitrogens with zero attached hydrogens (tertiary/aromatic N) is 2. The Morgan fingerprint density at radius 2 is 1.70 bits per heavy atom. The third-order valence-corrected chi connectivity index (χ3v) is 7.24. The number of amides is 1. The van der Waals surface area contributed by atoms with E-state index in [1.165, 1.54) is 23.4 Å². The molecule has 2 aromatic carbocycles. The lowest BCUT2D eigenvalue weighted by atomic mass is 9.97. The van der Waals surface area contributed by atoms with Crippen LogP contribution in [0.2, 0.25) is 0 Å². The molecule has 8 heteroatoms. The molecule has 1 aliphatic heterocycles. The predicted molar refractivity (Wildman–Crippen MR) is 117 cm³/mol. The SMILES string of the molecule is CC(=O)c1cccc(S(=O)(=O)N2CCC(C(=O)Nc3ccccc3N(C)C)CC2)c1. The highest BCUT2D eigenvalue weighted by Gasteiger charge is 2.32. The lowest BCUT2D eigenvalue weighted by molar-refractivity contribution is -0.120. The van der Waals surface area contributed by atoms with E-state index in [-0.39, 0.29) is 35.6 Å². The fourth-order valence-electron chi connectivity index (χ4n) is 3.59. The van der Waals surface area contributed by atoms with Crippen LogP contribution in [-0.4, -0.2) is 51.6 Å². The number of sulfonamides is 1. The molecule has 0 aliphatic carbocycles. The molecule has 0 saturated carbocycles. The van der Waals surface area contributed by atoms with Crippen LogP contribution in [-0.2, 0) is 14.8 Å². The Hall–Kier alpha value is -2.71. The molecule has 0 unspecified atom stereocenters. The first kappa shape index (κ1) is 22.0. The number of carbonyl (C=O) groups is 2. The van der Waals surface area contributed by atoms with E-state index < -0.39 is 10.0 Å². The van der Waals surface area contributed by atoms with Gasteiger partial charge in [-0.05, 0) is 44.0 Å². The van der Waals surface area contributed by atoms with E-state index in [0.717, 1.165) is 11.4 Å². The van der Waals surface area contributed by atoms with Crippen LogP contribution in [0.4, 0.5) is 11.4 Å². The first-order valence-corrected chi connectivity index (χ1v) is 11.3. The number of carbonyl (C=O) groups excluding carboxylic acids is 2. The number of Topliss-reactive ketones (excluding diaryl/α,β-unsaturated/α-hetero) is 1. The number of nitrogens with one attached hydrogen (secondary N) is 1. The first-order valence-electron chi connectivity index (χ1n) is 9.88. The van der Waals surface area contributed by atoms with E-state index in [1.807, 2.05) is 43.3 Å². The largest absolute Gasteiger partial charge is 0.376 e. The van der Waals surface area contributed by atoms with Crippen LogP contribution in [0, 0.1) is 5.92 Å². The quantitative estimate of drug-likeness (QED) is 0.714. The third-order valence-electron chi connectivity index (χ3n) is 5.35. The second-order valence-corrected chi connectivity index (χ2v) is 9.60. The van der Waals surface area contributed by atoms with Gasteiger partial charge in [-0.3, -0.25) is 9.59 Å². The van der Waals surface area contributed by atoms with Gasteiger partial charge in [0.2, 0.25) is 15.9 Å². The number of rotatable bonds is 6. The van der Waals surface area contributed by atoms with Gasteiger partial charge in [0, 0.05) is 38.7 Å². The van der Waals surface area contributed by atoms with E-state index in [9.17, 15) is 18.0 Å². The van der Waals surface area contributed by atoms with Crippen LogP contribution in [0.1, 0.15) is 30.1 Å². The van der Waals surface area contributed by atoms with Crippen molar-refractivity contribution in [3.63, 3.8) is 0 Å². The molecule has 1 N–H and O–H groups in total. The number of para-hydroxylation sites is 2. The summed E-state index contributed by atoms with van der Waals surface area (Å²) < 4.78 is 27.3. The van der Waals surface area contributed by atoms with E-state index in [1.54, 1.807) is 12.1 Å². The van der Waals surface area contributed by atoms with Crippen LogP contribution in [0.25, 0.3) is 0 Å². The third kappa shape index (κ3) is 4.71. The lowest BCUT2D eigenvalue weighted by Gasteiger charge is -2.31. The summed E-state index contributed by atoms with van der Waals surface area (Å²) in [5, 5.41) is 2.98. The second kappa shape index (κ2) is 8.97. The Kier molecular flexibility index (Phi) is 6.58. The summed E-state index contributed by atoms with van der Waals surface area (Å²) in [6.07, 6.45) is 0.892. The van der Waals surface area contributed by atoms with Crippen molar-refractivity contribution in [1.29, 1.82) is 0 Å². The average Bonchev–Trinajstić information content (AvgIpc) is 2.74. The van der Waals surface area contributed by atoms with Crippen molar-refractivity contribution in [3.05, 3.63) is 54.1 Å². The smallest absolute Gasteiger partial charge is 0.243 e. The number of benzene rings is 2. The Morgan fingerprint density at radius 1 is 1.03 bits per heavy atom. The Balaban J connectivity index is 1.66. The highest BCUT2D eigenvalue weighted by atomic mass is 32.2. The maximum Gasteiger partial charge on any atom is 0.243 e. The van der Waals surface area contributed by atoms with Crippen molar-refractivity contribution in [3.8, 4) is 0 Å². The molecular formula is C22H27N3O4S. The molecular weight excluding hydrogens is 402 g/mol. The number of piperidine rings is 1. The molecule has 0 aromatic heterocycles. The minimum Gasteiger partial charge on any atom is -0.376 e. The Bertz CT molecular complexity index is 1040. The van der Waals surface area contributed by atoms with Crippen LogP contribution in [0.15, 0.2) is 53.4 Å². The van der Waals surface area contributed by atoms with Crippen LogP contribution >= 0.6 is 0 Å².